The van der Waals surface area contributed by atoms with Gasteiger partial charge in [0.05, 0.1) is 0 Å². The lowest BCUT2D eigenvalue weighted by atomic mass is 9.75. The second-order valence-corrected chi connectivity index (χ2v) is 13.8. The predicted molar refractivity (Wildman–Crippen MR) is 91.2 cm³/mol. The van der Waals surface area contributed by atoms with Gasteiger partial charge >= 0.3 is 0 Å². The van der Waals surface area contributed by atoms with Gasteiger partial charge in [-0.25, -0.2) is 0 Å². The zero-order valence-corrected chi connectivity index (χ0v) is 15.8. The van der Waals surface area contributed by atoms with Gasteiger partial charge in [0, 0.05) is 11.7 Å². The van der Waals surface area contributed by atoms with Crippen molar-refractivity contribution in [2.45, 2.75) is 63.5 Å². The summed E-state index contributed by atoms with van der Waals surface area (Å²) >= 11 is 1.72. The summed E-state index contributed by atoms with van der Waals surface area (Å²) < 4.78 is 6.51. The fraction of sp³-hybridized carbons (Fsp3) is 0.812. The lowest BCUT2D eigenvalue weighted by molar-refractivity contribution is -0.162. The molecule has 0 radical (unpaired) electrons. The van der Waals surface area contributed by atoms with Crippen LogP contribution >= 0.6 is 11.8 Å². The van der Waals surface area contributed by atoms with Crippen molar-refractivity contribution >= 4 is 25.9 Å². The summed E-state index contributed by atoms with van der Waals surface area (Å²) in [4.78, 5) is 12.7. The third-order valence-corrected chi connectivity index (χ3v) is 11.4. The van der Waals surface area contributed by atoms with Crippen LogP contribution in [0.2, 0.25) is 18.1 Å². The highest BCUT2D eigenvalue weighted by Gasteiger charge is 2.61. The van der Waals surface area contributed by atoms with E-state index in [-0.39, 0.29) is 16.7 Å². The molecule has 0 unspecified atom stereocenters. The number of hydrogen-bond acceptors (Lipinski definition) is 4. The number of fused-ring (bicyclic) bond motifs is 1. The Morgan fingerprint density at radius 1 is 1.43 bits per heavy atom. The maximum atomic E-state index is 12.7. The van der Waals surface area contributed by atoms with Gasteiger partial charge in [-0.3, -0.25) is 4.79 Å². The van der Waals surface area contributed by atoms with Gasteiger partial charge in [-0.05, 0) is 43.3 Å². The Morgan fingerprint density at radius 2 is 2.05 bits per heavy atom. The SMILES string of the molecule is CC(C)(C)[Si](C)(C)O[C@]1(C)C(=O)C=CC[C@H]2CSC[C@@]21O. The van der Waals surface area contributed by atoms with Gasteiger partial charge in [0.25, 0.3) is 0 Å². The van der Waals surface area contributed by atoms with E-state index in [1.807, 2.05) is 13.0 Å². The summed E-state index contributed by atoms with van der Waals surface area (Å²) in [6.07, 6.45) is 4.28. The maximum Gasteiger partial charge on any atom is 0.193 e. The molecule has 3 atom stereocenters. The van der Waals surface area contributed by atoms with Crippen LogP contribution in [0.4, 0.5) is 0 Å². The quantitative estimate of drug-likeness (QED) is 0.789. The number of carbonyl (C=O) groups is 1. The summed E-state index contributed by atoms with van der Waals surface area (Å²) in [5.41, 5.74) is -2.19. The Hall–Kier alpha value is -0.103. The van der Waals surface area contributed by atoms with E-state index >= 15 is 0 Å². The molecular formula is C16H28O3SSi. The predicted octanol–water partition coefficient (Wildman–Crippen LogP) is 3.39. The molecule has 120 valence electrons. The van der Waals surface area contributed by atoms with Crippen molar-refractivity contribution in [3.8, 4) is 0 Å². The van der Waals surface area contributed by atoms with Crippen molar-refractivity contribution in [2.24, 2.45) is 5.92 Å². The summed E-state index contributed by atoms with van der Waals surface area (Å²) in [7, 11) is -2.16. The minimum absolute atomic E-state index is 0.00388. The van der Waals surface area contributed by atoms with Crippen LogP contribution in [0.25, 0.3) is 0 Å². The van der Waals surface area contributed by atoms with Crippen molar-refractivity contribution in [3.63, 3.8) is 0 Å². The fourth-order valence-corrected chi connectivity index (χ4v) is 6.16. The first kappa shape index (κ1) is 17.3. The first-order valence-corrected chi connectivity index (χ1v) is 11.7. The molecule has 1 heterocycles. The fourth-order valence-electron chi connectivity index (χ4n) is 2.92. The lowest BCUT2D eigenvalue weighted by Gasteiger charge is -2.49. The minimum Gasteiger partial charge on any atom is -0.402 e. The van der Waals surface area contributed by atoms with Crippen molar-refractivity contribution < 1.29 is 14.3 Å². The van der Waals surface area contributed by atoms with Crippen molar-refractivity contribution in [3.05, 3.63) is 12.2 Å². The normalized spacial score (nSPS) is 37.5. The molecule has 1 saturated heterocycles. The third-order valence-electron chi connectivity index (χ3n) is 5.57. The second kappa shape index (κ2) is 5.22. The van der Waals surface area contributed by atoms with Crippen LogP contribution in [-0.2, 0) is 9.22 Å². The summed E-state index contributed by atoms with van der Waals surface area (Å²) in [6.45, 7) is 12.6. The Morgan fingerprint density at radius 3 is 2.62 bits per heavy atom. The molecule has 0 amide bonds. The summed E-state index contributed by atoms with van der Waals surface area (Å²) in [5.74, 6) is 1.49. The molecule has 0 aromatic heterocycles. The average molecular weight is 329 g/mol. The number of thioether (sulfide) groups is 1. The average Bonchev–Trinajstić information content (AvgIpc) is 2.66. The number of carbonyl (C=O) groups excluding carboxylic acids is 1. The molecule has 21 heavy (non-hydrogen) atoms. The second-order valence-electron chi connectivity index (χ2n) is 8.03. The highest BCUT2D eigenvalue weighted by atomic mass is 32.2. The van der Waals surface area contributed by atoms with Gasteiger partial charge in [-0.15, -0.1) is 0 Å². The Balaban J connectivity index is 2.45. The van der Waals surface area contributed by atoms with Crippen molar-refractivity contribution in [1.29, 1.82) is 0 Å². The standard InChI is InChI=1S/C16H28O3SSi/c1-14(2,3)21(5,6)19-15(4)13(17)9-7-8-12-10-20-11-16(12,15)18/h7,9,12,18H,8,10-11H2,1-6H3/t12-,15+,16+/m0/s1. The van der Waals surface area contributed by atoms with Crippen LogP contribution in [0.15, 0.2) is 12.2 Å². The topological polar surface area (TPSA) is 46.5 Å². The largest absolute Gasteiger partial charge is 0.402 e. The van der Waals surface area contributed by atoms with E-state index < -0.39 is 19.5 Å². The first-order valence-electron chi connectivity index (χ1n) is 7.65. The molecule has 2 rings (SSSR count). The zero-order valence-electron chi connectivity index (χ0n) is 14.0. The van der Waals surface area contributed by atoms with E-state index in [1.165, 1.54) is 0 Å². The number of rotatable bonds is 2. The van der Waals surface area contributed by atoms with Gasteiger partial charge in [-0.2, -0.15) is 11.8 Å². The van der Waals surface area contributed by atoms with Crippen LogP contribution in [0, 0.1) is 5.92 Å². The number of ketones is 1. The van der Waals surface area contributed by atoms with E-state index in [4.69, 9.17) is 4.43 Å². The molecule has 1 aliphatic heterocycles. The van der Waals surface area contributed by atoms with E-state index in [2.05, 4.69) is 33.9 Å². The van der Waals surface area contributed by atoms with Gasteiger partial charge in [0.1, 0.15) is 11.2 Å². The Kier molecular flexibility index (Phi) is 4.29. The van der Waals surface area contributed by atoms with Crippen molar-refractivity contribution in [1.82, 2.24) is 0 Å². The Labute approximate surface area is 133 Å². The number of allylic oxidation sites excluding steroid dienone is 1. The molecule has 0 saturated carbocycles. The van der Waals surface area contributed by atoms with E-state index in [0.717, 1.165) is 12.2 Å². The Bertz CT molecular complexity index is 469. The van der Waals surface area contributed by atoms with Gasteiger partial charge in [0.2, 0.25) is 0 Å². The number of aliphatic hydroxyl groups is 1. The molecule has 0 bridgehead atoms. The van der Waals surface area contributed by atoms with Crippen LogP contribution < -0.4 is 0 Å². The summed E-state index contributed by atoms with van der Waals surface area (Å²) in [5, 5.41) is 11.3. The molecule has 0 aromatic rings. The minimum atomic E-state index is -2.16. The molecule has 1 N–H and O–H groups in total. The molecule has 1 fully saturated rings. The van der Waals surface area contributed by atoms with Gasteiger partial charge < -0.3 is 9.53 Å². The van der Waals surface area contributed by atoms with Crippen LogP contribution in [0.1, 0.15) is 34.1 Å². The maximum absolute atomic E-state index is 12.7. The van der Waals surface area contributed by atoms with Gasteiger partial charge in [0.15, 0.2) is 14.1 Å². The molecule has 5 heteroatoms. The van der Waals surface area contributed by atoms with Crippen LogP contribution in [0.3, 0.4) is 0 Å². The van der Waals surface area contributed by atoms with Crippen LogP contribution in [0.5, 0.6) is 0 Å². The molecule has 1 aliphatic carbocycles. The third kappa shape index (κ3) is 2.67. The highest BCUT2D eigenvalue weighted by Crippen LogP contribution is 2.50. The first-order chi connectivity index (χ1) is 9.44. The smallest absolute Gasteiger partial charge is 0.193 e. The van der Waals surface area contributed by atoms with E-state index in [9.17, 15) is 9.90 Å². The van der Waals surface area contributed by atoms with Crippen molar-refractivity contribution in [2.75, 3.05) is 11.5 Å². The molecule has 2 aliphatic rings. The highest BCUT2D eigenvalue weighted by molar-refractivity contribution is 7.99. The lowest BCUT2D eigenvalue weighted by Crippen LogP contribution is -2.66. The number of hydrogen-bond donors (Lipinski definition) is 1. The molecular weight excluding hydrogens is 300 g/mol. The van der Waals surface area contributed by atoms with Gasteiger partial charge in [-0.1, -0.05) is 26.8 Å². The molecule has 0 spiro atoms. The van der Waals surface area contributed by atoms with E-state index in [0.29, 0.717) is 5.75 Å². The monoisotopic (exact) mass is 328 g/mol. The summed E-state index contributed by atoms with van der Waals surface area (Å²) in [6, 6.07) is 0. The van der Waals surface area contributed by atoms with Crippen LogP contribution in [-0.4, -0.2) is 41.9 Å². The molecule has 0 aromatic carbocycles. The zero-order chi connectivity index (χ0) is 16.1. The molecule has 3 nitrogen and oxygen atoms in total. The van der Waals surface area contributed by atoms with E-state index in [1.54, 1.807) is 17.8 Å².